The first-order valence-corrected chi connectivity index (χ1v) is 5.15. The number of rotatable bonds is 4. The SMILES string of the molecule is CC(C)n1cc(CNn2cccc2)cn1. The molecule has 4 heteroatoms. The third-order valence-electron chi connectivity index (χ3n) is 2.25. The molecule has 0 unspecified atom stereocenters. The molecule has 0 spiro atoms. The van der Waals surface area contributed by atoms with Gasteiger partial charge in [-0.05, 0) is 26.0 Å². The van der Waals surface area contributed by atoms with E-state index < -0.39 is 0 Å². The Bertz CT molecular complexity index is 400. The largest absolute Gasteiger partial charge is 0.322 e. The van der Waals surface area contributed by atoms with Crippen molar-refractivity contribution in [3.05, 3.63) is 42.5 Å². The maximum atomic E-state index is 4.28. The minimum Gasteiger partial charge on any atom is -0.322 e. The molecule has 15 heavy (non-hydrogen) atoms. The molecule has 0 saturated carbocycles. The van der Waals surface area contributed by atoms with Crippen LogP contribution in [0.5, 0.6) is 0 Å². The summed E-state index contributed by atoms with van der Waals surface area (Å²) < 4.78 is 3.90. The van der Waals surface area contributed by atoms with Crippen LogP contribution in [0.3, 0.4) is 0 Å². The number of hydrogen-bond acceptors (Lipinski definition) is 2. The second-order valence-corrected chi connectivity index (χ2v) is 3.85. The van der Waals surface area contributed by atoms with Crippen LogP contribution in [0.25, 0.3) is 0 Å². The molecule has 0 aliphatic rings. The van der Waals surface area contributed by atoms with Crippen LogP contribution in [-0.2, 0) is 6.54 Å². The number of aromatic nitrogens is 3. The standard InChI is InChI=1S/C11H16N4/c1-10(2)15-9-11(8-13-15)7-12-14-5-3-4-6-14/h3-6,8-10,12H,7H2,1-2H3. The summed E-state index contributed by atoms with van der Waals surface area (Å²) in [5.74, 6) is 0. The lowest BCUT2D eigenvalue weighted by molar-refractivity contribution is 0.532. The van der Waals surface area contributed by atoms with Crippen LogP contribution in [0.2, 0.25) is 0 Å². The molecule has 1 N–H and O–H groups in total. The maximum Gasteiger partial charge on any atom is 0.0595 e. The van der Waals surface area contributed by atoms with Crippen molar-refractivity contribution in [3.63, 3.8) is 0 Å². The normalized spacial score (nSPS) is 10.9. The molecule has 0 aromatic carbocycles. The van der Waals surface area contributed by atoms with E-state index in [1.807, 2.05) is 40.1 Å². The summed E-state index contributed by atoms with van der Waals surface area (Å²) in [6, 6.07) is 4.40. The van der Waals surface area contributed by atoms with Crippen LogP contribution in [-0.4, -0.2) is 14.5 Å². The van der Waals surface area contributed by atoms with Crippen molar-refractivity contribution in [1.82, 2.24) is 14.5 Å². The molecule has 2 heterocycles. The third kappa shape index (κ3) is 2.40. The van der Waals surface area contributed by atoms with Crippen LogP contribution in [0, 0.1) is 0 Å². The third-order valence-corrected chi connectivity index (χ3v) is 2.25. The van der Waals surface area contributed by atoms with E-state index in [0.717, 1.165) is 6.54 Å². The van der Waals surface area contributed by atoms with Crippen molar-refractivity contribution in [2.45, 2.75) is 26.4 Å². The Hall–Kier alpha value is -1.71. The van der Waals surface area contributed by atoms with Gasteiger partial charge in [-0.3, -0.25) is 9.36 Å². The molecular weight excluding hydrogens is 188 g/mol. The van der Waals surface area contributed by atoms with Gasteiger partial charge in [-0.1, -0.05) is 0 Å². The van der Waals surface area contributed by atoms with E-state index in [1.165, 1.54) is 5.56 Å². The predicted molar refractivity (Wildman–Crippen MR) is 60.1 cm³/mol. The summed E-state index contributed by atoms with van der Waals surface area (Å²) >= 11 is 0. The van der Waals surface area contributed by atoms with Gasteiger partial charge in [0.15, 0.2) is 0 Å². The van der Waals surface area contributed by atoms with Gasteiger partial charge in [-0.25, -0.2) is 0 Å². The van der Waals surface area contributed by atoms with Gasteiger partial charge < -0.3 is 5.43 Å². The van der Waals surface area contributed by atoms with Crippen LogP contribution in [0.1, 0.15) is 25.5 Å². The number of nitrogens with zero attached hydrogens (tertiary/aromatic N) is 3. The second-order valence-electron chi connectivity index (χ2n) is 3.85. The van der Waals surface area contributed by atoms with Crippen LogP contribution < -0.4 is 5.43 Å². The van der Waals surface area contributed by atoms with Crippen molar-refractivity contribution >= 4 is 0 Å². The fraction of sp³-hybridized carbons (Fsp3) is 0.364. The topological polar surface area (TPSA) is 34.8 Å². The highest BCUT2D eigenvalue weighted by Crippen LogP contribution is 2.05. The Kier molecular flexibility index (Phi) is 2.76. The summed E-state index contributed by atoms with van der Waals surface area (Å²) in [5, 5.41) is 4.28. The monoisotopic (exact) mass is 204 g/mol. The van der Waals surface area contributed by atoms with Gasteiger partial charge in [0.25, 0.3) is 0 Å². The van der Waals surface area contributed by atoms with E-state index in [4.69, 9.17) is 0 Å². The molecular formula is C11H16N4. The Morgan fingerprint density at radius 1 is 1.33 bits per heavy atom. The lowest BCUT2D eigenvalue weighted by Gasteiger charge is -2.05. The number of nitrogens with one attached hydrogen (secondary N) is 1. The molecule has 0 bridgehead atoms. The molecule has 0 aliphatic heterocycles. The average Bonchev–Trinajstić information content (AvgIpc) is 2.86. The molecule has 0 aliphatic carbocycles. The van der Waals surface area contributed by atoms with Crippen molar-refractivity contribution < 1.29 is 0 Å². The van der Waals surface area contributed by atoms with Crippen LogP contribution in [0.15, 0.2) is 36.9 Å². The molecule has 0 atom stereocenters. The molecule has 0 amide bonds. The van der Waals surface area contributed by atoms with Gasteiger partial charge in [-0.15, -0.1) is 0 Å². The van der Waals surface area contributed by atoms with Gasteiger partial charge in [0, 0.05) is 30.2 Å². The van der Waals surface area contributed by atoms with Gasteiger partial charge in [0.1, 0.15) is 0 Å². The van der Waals surface area contributed by atoms with Gasteiger partial charge in [0.2, 0.25) is 0 Å². The first kappa shape index (κ1) is 9.83. The zero-order valence-corrected chi connectivity index (χ0v) is 9.09. The lowest BCUT2D eigenvalue weighted by atomic mass is 10.3. The molecule has 2 rings (SSSR count). The van der Waals surface area contributed by atoms with Crippen molar-refractivity contribution in [2.75, 3.05) is 5.43 Å². The Balaban J connectivity index is 1.94. The predicted octanol–water partition coefficient (Wildman–Crippen LogP) is 2.01. The molecule has 0 saturated heterocycles. The van der Waals surface area contributed by atoms with Crippen molar-refractivity contribution in [2.24, 2.45) is 0 Å². The zero-order chi connectivity index (χ0) is 10.7. The van der Waals surface area contributed by atoms with E-state index in [0.29, 0.717) is 6.04 Å². The van der Waals surface area contributed by atoms with Crippen molar-refractivity contribution in [3.8, 4) is 0 Å². The lowest BCUT2D eigenvalue weighted by Crippen LogP contribution is -2.11. The van der Waals surface area contributed by atoms with Gasteiger partial charge in [0.05, 0.1) is 12.7 Å². The Labute approximate surface area is 89.5 Å². The Morgan fingerprint density at radius 3 is 2.67 bits per heavy atom. The molecule has 0 fully saturated rings. The minimum atomic E-state index is 0.422. The smallest absolute Gasteiger partial charge is 0.0595 e. The summed E-state index contributed by atoms with van der Waals surface area (Å²) in [4.78, 5) is 0. The van der Waals surface area contributed by atoms with Crippen LogP contribution >= 0.6 is 0 Å². The molecule has 80 valence electrons. The highest BCUT2D eigenvalue weighted by atomic mass is 15.4. The summed E-state index contributed by atoms with van der Waals surface area (Å²) in [6.07, 6.45) is 7.93. The first-order chi connectivity index (χ1) is 7.25. The molecule has 2 aromatic heterocycles. The van der Waals surface area contributed by atoms with Gasteiger partial charge in [-0.2, -0.15) is 5.10 Å². The van der Waals surface area contributed by atoms with E-state index in [9.17, 15) is 0 Å². The fourth-order valence-corrected chi connectivity index (χ4v) is 1.37. The van der Waals surface area contributed by atoms with E-state index >= 15 is 0 Å². The second kappa shape index (κ2) is 4.21. The molecule has 2 aromatic rings. The van der Waals surface area contributed by atoms with Crippen LogP contribution in [0.4, 0.5) is 0 Å². The molecule has 4 nitrogen and oxygen atoms in total. The maximum absolute atomic E-state index is 4.28. The summed E-state index contributed by atoms with van der Waals surface area (Å²) in [7, 11) is 0. The Morgan fingerprint density at radius 2 is 2.07 bits per heavy atom. The van der Waals surface area contributed by atoms with Gasteiger partial charge >= 0.3 is 0 Å². The highest BCUT2D eigenvalue weighted by Gasteiger charge is 2.00. The average molecular weight is 204 g/mol. The summed E-state index contributed by atoms with van der Waals surface area (Å²) in [6.45, 7) is 5.04. The molecule has 0 radical (unpaired) electrons. The van der Waals surface area contributed by atoms with E-state index in [1.54, 1.807) is 0 Å². The fourth-order valence-electron chi connectivity index (χ4n) is 1.37. The van der Waals surface area contributed by atoms with E-state index in [-0.39, 0.29) is 0 Å². The highest BCUT2D eigenvalue weighted by molar-refractivity contribution is 5.07. The first-order valence-electron chi connectivity index (χ1n) is 5.15. The van der Waals surface area contributed by atoms with E-state index in [2.05, 4.69) is 30.6 Å². The number of hydrogen-bond donors (Lipinski definition) is 1. The van der Waals surface area contributed by atoms with Crippen molar-refractivity contribution in [1.29, 1.82) is 0 Å². The zero-order valence-electron chi connectivity index (χ0n) is 9.09. The minimum absolute atomic E-state index is 0.422. The quantitative estimate of drug-likeness (QED) is 0.826. The summed E-state index contributed by atoms with van der Waals surface area (Å²) in [5.41, 5.74) is 4.45.